The Morgan fingerprint density at radius 1 is 1.20 bits per heavy atom. The van der Waals surface area contributed by atoms with Crippen molar-refractivity contribution in [2.75, 3.05) is 30.6 Å². The first-order valence-corrected chi connectivity index (χ1v) is 12.4. The van der Waals surface area contributed by atoms with Crippen molar-refractivity contribution in [1.29, 1.82) is 0 Å². The lowest BCUT2D eigenvalue weighted by atomic mass is 10.1. The lowest BCUT2D eigenvalue weighted by Gasteiger charge is -2.27. The van der Waals surface area contributed by atoms with Crippen LogP contribution in [0.1, 0.15) is 5.56 Å². The molecule has 2 aromatic carbocycles. The van der Waals surface area contributed by atoms with Gasteiger partial charge in [-0.3, -0.25) is 4.99 Å². The van der Waals surface area contributed by atoms with Gasteiger partial charge in [0, 0.05) is 28.1 Å². The second kappa shape index (κ2) is 8.28. The van der Waals surface area contributed by atoms with E-state index < -0.39 is 9.84 Å². The molecule has 2 aromatic rings. The number of hydrogen-bond donors (Lipinski definition) is 0. The average Bonchev–Trinajstić information content (AvgIpc) is 3.18. The molecule has 0 amide bonds. The van der Waals surface area contributed by atoms with Crippen LogP contribution in [0.5, 0.6) is 11.5 Å². The molecule has 2 heterocycles. The molecular formula is C20H20ClFN2O4S2. The SMILES string of the molecule is COc1ccc(N2C(SCc3c(F)cccc3Cl)=NC3CS(=O)(=O)CC32)cc1OC. The Labute approximate surface area is 183 Å². The summed E-state index contributed by atoms with van der Waals surface area (Å²) in [6.07, 6.45) is 0. The molecule has 2 aliphatic rings. The number of aliphatic imine (C=N–C) groups is 1. The van der Waals surface area contributed by atoms with Gasteiger partial charge in [0.05, 0.1) is 37.8 Å². The van der Waals surface area contributed by atoms with E-state index in [0.29, 0.717) is 27.3 Å². The Morgan fingerprint density at radius 3 is 2.67 bits per heavy atom. The lowest BCUT2D eigenvalue weighted by Crippen LogP contribution is -2.39. The number of methoxy groups -OCH3 is 2. The number of rotatable bonds is 5. The highest BCUT2D eigenvalue weighted by molar-refractivity contribution is 8.13. The number of ether oxygens (including phenoxy) is 2. The second-order valence-electron chi connectivity index (χ2n) is 7.02. The molecule has 2 aliphatic heterocycles. The summed E-state index contributed by atoms with van der Waals surface area (Å²) in [6, 6.07) is 9.29. The number of sulfone groups is 1. The second-order valence-corrected chi connectivity index (χ2v) is 10.5. The van der Waals surface area contributed by atoms with Gasteiger partial charge in [0.1, 0.15) is 5.82 Å². The van der Waals surface area contributed by atoms with Crippen molar-refractivity contribution in [3.63, 3.8) is 0 Å². The lowest BCUT2D eigenvalue weighted by molar-refractivity contribution is 0.355. The molecule has 10 heteroatoms. The van der Waals surface area contributed by atoms with Gasteiger partial charge < -0.3 is 14.4 Å². The van der Waals surface area contributed by atoms with Crippen LogP contribution in [0.2, 0.25) is 5.02 Å². The van der Waals surface area contributed by atoms with Crippen LogP contribution in [0.25, 0.3) is 0 Å². The van der Waals surface area contributed by atoms with E-state index in [1.54, 1.807) is 38.5 Å². The maximum absolute atomic E-state index is 14.2. The highest BCUT2D eigenvalue weighted by Gasteiger charge is 2.47. The molecule has 30 heavy (non-hydrogen) atoms. The van der Waals surface area contributed by atoms with E-state index in [9.17, 15) is 12.8 Å². The van der Waals surface area contributed by atoms with Crippen molar-refractivity contribution in [3.8, 4) is 11.5 Å². The van der Waals surface area contributed by atoms with E-state index in [0.717, 1.165) is 5.69 Å². The Morgan fingerprint density at radius 2 is 1.97 bits per heavy atom. The Hall–Kier alpha value is -1.97. The highest BCUT2D eigenvalue weighted by Crippen LogP contribution is 2.39. The predicted octanol–water partition coefficient (Wildman–Crippen LogP) is 3.77. The minimum absolute atomic E-state index is 0.00592. The first kappa shape index (κ1) is 21.3. The third-order valence-corrected chi connectivity index (χ3v) is 8.21. The molecule has 0 aromatic heterocycles. The fourth-order valence-corrected chi connectivity index (χ4v) is 7.03. The number of hydrogen-bond acceptors (Lipinski definition) is 7. The van der Waals surface area contributed by atoms with Crippen LogP contribution in [-0.4, -0.2) is 51.4 Å². The topological polar surface area (TPSA) is 68.2 Å². The Bertz CT molecular complexity index is 1090. The van der Waals surface area contributed by atoms with E-state index in [4.69, 9.17) is 21.1 Å². The Balaban J connectivity index is 1.68. The molecule has 0 N–H and O–H groups in total. The standard InChI is InChI=1S/C20H20ClFN2O4S2/c1-27-18-7-6-12(8-19(18)28-2)24-17-11-30(25,26)10-16(17)23-20(24)29-9-13-14(21)4-3-5-15(13)22/h3-8,16-17H,9-11H2,1-2H3. The van der Waals surface area contributed by atoms with Crippen LogP contribution in [0.15, 0.2) is 41.4 Å². The van der Waals surface area contributed by atoms with Gasteiger partial charge in [-0.15, -0.1) is 0 Å². The van der Waals surface area contributed by atoms with Crippen LogP contribution in [0, 0.1) is 5.82 Å². The fraction of sp³-hybridized carbons (Fsp3) is 0.350. The molecule has 0 spiro atoms. The van der Waals surface area contributed by atoms with Crippen LogP contribution >= 0.6 is 23.4 Å². The quantitative estimate of drug-likeness (QED) is 0.662. The van der Waals surface area contributed by atoms with Crippen molar-refractivity contribution in [3.05, 3.63) is 52.8 Å². The molecule has 0 bridgehead atoms. The summed E-state index contributed by atoms with van der Waals surface area (Å²) < 4.78 is 49.3. The van der Waals surface area contributed by atoms with Gasteiger partial charge in [-0.2, -0.15) is 0 Å². The highest BCUT2D eigenvalue weighted by atomic mass is 35.5. The number of fused-ring (bicyclic) bond motifs is 1. The largest absolute Gasteiger partial charge is 0.493 e. The smallest absolute Gasteiger partial charge is 0.164 e. The number of halogens is 2. The van der Waals surface area contributed by atoms with Crippen LogP contribution < -0.4 is 14.4 Å². The molecule has 1 fully saturated rings. The summed E-state index contributed by atoms with van der Waals surface area (Å²) >= 11 is 7.49. The molecule has 0 saturated carbocycles. The number of thioether (sulfide) groups is 1. The minimum Gasteiger partial charge on any atom is -0.493 e. The van der Waals surface area contributed by atoms with E-state index in [1.807, 2.05) is 11.0 Å². The molecule has 160 valence electrons. The van der Waals surface area contributed by atoms with Crippen LogP contribution in [0.3, 0.4) is 0 Å². The molecule has 0 aliphatic carbocycles. The van der Waals surface area contributed by atoms with Crippen molar-refractivity contribution in [2.45, 2.75) is 17.8 Å². The third-order valence-electron chi connectivity index (χ3n) is 5.16. The first-order valence-electron chi connectivity index (χ1n) is 9.18. The molecular weight excluding hydrogens is 451 g/mol. The van der Waals surface area contributed by atoms with Gasteiger partial charge in [0.2, 0.25) is 0 Å². The average molecular weight is 471 g/mol. The van der Waals surface area contributed by atoms with Crippen molar-refractivity contribution in [1.82, 2.24) is 0 Å². The van der Waals surface area contributed by atoms with Gasteiger partial charge >= 0.3 is 0 Å². The van der Waals surface area contributed by atoms with Crippen LogP contribution in [-0.2, 0) is 15.6 Å². The summed E-state index contributed by atoms with van der Waals surface area (Å²) in [6.45, 7) is 0. The summed E-state index contributed by atoms with van der Waals surface area (Å²) in [5.74, 6) is 1.02. The van der Waals surface area contributed by atoms with E-state index in [1.165, 1.54) is 17.8 Å². The van der Waals surface area contributed by atoms with Crippen LogP contribution in [0.4, 0.5) is 10.1 Å². The minimum atomic E-state index is -3.17. The summed E-state index contributed by atoms with van der Waals surface area (Å²) in [5, 5.41) is 0.980. The predicted molar refractivity (Wildman–Crippen MR) is 118 cm³/mol. The normalized spacial score (nSPS) is 22.0. The third kappa shape index (κ3) is 3.98. The molecule has 2 unspecified atom stereocenters. The summed E-state index contributed by atoms with van der Waals surface area (Å²) in [7, 11) is -0.0845. The summed E-state index contributed by atoms with van der Waals surface area (Å²) in [5.41, 5.74) is 1.13. The molecule has 4 rings (SSSR count). The zero-order valence-corrected chi connectivity index (χ0v) is 18.7. The molecule has 1 saturated heterocycles. The molecule has 0 radical (unpaired) electrons. The Kier molecular flexibility index (Phi) is 5.87. The zero-order valence-electron chi connectivity index (χ0n) is 16.3. The maximum Gasteiger partial charge on any atom is 0.164 e. The molecule has 2 atom stereocenters. The maximum atomic E-state index is 14.2. The monoisotopic (exact) mass is 470 g/mol. The van der Waals surface area contributed by atoms with Gasteiger partial charge in [0.15, 0.2) is 26.5 Å². The number of amidine groups is 1. The summed E-state index contributed by atoms with van der Waals surface area (Å²) in [4.78, 5) is 6.56. The van der Waals surface area contributed by atoms with Gasteiger partial charge in [-0.05, 0) is 24.3 Å². The molecule has 6 nitrogen and oxygen atoms in total. The van der Waals surface area contributed by atoms with Crippen molar-refractivity contribution >= 4 is 44.1 Å². The first-order chi connectivity index (χ1) is 14.3. The van der Waals surface area contributed by atoms with E-state index >= 15 is 0 Å². The van der Waals surface area contributed by atoms with E-state index in [-0.39, 0.29) is 35.2 Å². The van der Waals surface area contributed by atoms with Crippen molar-refractivity contribution in [2.24, 2.45) is 4.99 Å². The van der Waals surface area contributed by atoms with Gasteiger partial charge in [-0.25, -0.2) is 12.8 Å². The van der Waals surface area contributed by atoms with Gasteiger partial charge in [0.25, 0.3) is 0 Å². The number of nitrogens with zero attached hydrogens (tertiary/aromatic N) is 2. The van der Waals surface area contributed by atoms with E-state index in [2.05, 4.69) is 4.99 Å². The van der Waals surface area contributed by atoms with Crippen molar-refractivity contribution < 1.29 is 22.3 Å². The number of benzene rings is 2. The fourth-order valence-electron chi connectivity index (χ4n) is 3.72. The zero-order chi connectivity index (χ0) is 21.5. The number of anilines is 1. The van der Waals surface area contributed by atoms with Gasteiger partial charge in [-0.1, -0.05) is 29.4 Å².